The molecule has 0 aliphatic heterocycles. The van der Waals surface area contributed by atoms with Crippen molar-refractivity contribution in [2.75, 3.05) is 26.1 Å². The highest BCUT2D eigenvalue weighted by molar-refractivity contribution is 5.84. The Balaban J connectivity index is 2.68. The van der Waals surface area contributed by atoms with E-state index in [1.807, 2.05) is 18.2 Å². The normalized spacial score (nSPS) is 9.50. The van der Waals surface area contributed by atoms with Crippen molar-refractivity contribution in [1.82, 2.24) is 4.98 Å². The number of hydrogen-bond donors (Lipinski definition) is 1. The van der Waals surface area contributed by atoms with Gasteiger partial charge in [-0.2, -0.15) is 15.5 Å². The molecule has 0 radical (unpaired) electrons. The Bertz CT molecular complexity index is 836. The Morgan fingerprint density at radius 3 is 2.38 bits per heavy atom. The summed E-state index contributed by atoms with van der Waals surface area (Å²) in [6, 6.07) is 13.1. The van der Waals surface area contributed by atoms with Crippen LogP contribution in [0.25, 0.3) is 11.1 Å². The SMILES string of the molecule is COC(=O)CNc1nc(OC)c(C#N)c(-c2ccccc2)c1C#N. The Morgan fingerprint density at radius 2 is 1.83 bits per heavy atom. The van der Waals surface area contributed by atoms with Gasteiger partial charge in [-0.15, -0.1) is 0 Å². The van der Waals surface area contributed by atoms with Crippen molar-refractivity contribution >= 4 is 11.8 Å². The van der Waals surface area contributed by atoms with Crippen LogP contribution in [0.4, 0.5) is 5.82 Å². The summed E-state index contributed by atoms with van der Waals surface area (Å²) in [4.78, 5) is 15.5. The highest BCUT2D eigenvalue weighted by atomic mass is 16.5. The quantitative estimate of drug-likeness (QED) is 0.839. The Labute approximate surface area is 139 Å². The molecular formula is C17H14N4O3. The van der Waals surface area contributed by atoms with E-state index in [2.05, 4.69) is 15.0 Å². The molecule has 1 N–H and O–H groups in total. The number of nitriles is 2. The van der Waals surface area contributed by atoms with E-state index in [0.29, 0.717) is 11.1 Å². The molecule has 0 saturated carbocycles. The van der Waals surface area contributed by atoms with Crippen molar-refractivity contribution in [3.63, 3.8) is 0 Å². The largest absolute Gasteiger partial charge is 0.480 e. The van der Waals surface area contributed by atoms with Gasteiger partial charge in [0.1, 0.15) is 35.6 Å². The number of carbonyl (C=O) groups is 1. The van der Waals surface area contributed by atoms with E-state index < -0.39 is 5.97 Å². The van der Waals surface area contributed by atoms with Gasteiger partial charge < -0.3 is 14.8 Å². The molecule has 0 bridgehead atoms. The molecule has 7 heteroatoms. The monoisotopic (exact) mass is 322 g/mol. The molecule has 0 aliphatic rings. The average molecular weight is 322 g/mol. The number of nitrogens with one attached hydrogen (secondary N) is 1. The molecule has 120 valence electrons. The van der Waals surface area contributed by atoms with Gasteiger partial charge in [-0.3, -0.25) is 4.79 Å². The predicted octanol–water partition coefficient (Wildman–Crippen LogP) is 2.09. The summed E-state index contributed by atoms with van der Waals surface area (Å²) in [7, 11) is 2.64. The van der Waals surface area contributed by atoms with E-state index in [9.17, 15) is 15.3 Å². The summed E-state index contributed by atoms with van der Waals surface area (Å²) in [5.41, 5.74) is 1.39. The summed E-state index contributed by atoms with van der Waals surface area (Å²) >= 11 is 0. The molecule has 1 aromatic heterocycles. The molecular weight excluding hydrogens is 308 g/mol. The number of methoxy groups -OCH3 is 2. The molecule has 1 heterocycles. The van der Waals surface area contributed by atoms with Gasteiger partial charge >= 0.3 is 5.97 Å². The van der Waals surface area contributed by atoms with Crippen LogP contribution in [0.15, 0.2) is 30.3 Å². The second-order valence-electron chi connectivity index (χ2n) is 4.61. The smallest absolute Gasteiger partial charge is 0.325 e. The fourth-order valence-corrected chi connectivity index (χ4v) is 2.17. The Hall–Kier alpha value is -3.58. The van der Waals surface area contributed by atoms with Gasteiger partial charge in [-0.25, -0.2) is 0 Å². The number of benzene rings is 1. The van der Waals surface area contributed by atoms with Crippen molar-refractivity contribution in [2.45, 2.75) is 0 Å². The number of hydrogen-bond acceptors (Lipinski definition) is 7. The van der Waals surface area contributed by atoms with Crippen LogP contribution in [-0.2, 0) is 9.53 Å². The molecule has 0 spiro atoms. The Kier molecular flexibility index (Phi) is 5.32. The van der Waals surface area contributed by atoms with E-state index >= 15 is 0 Å². The second-order valence-corrected chi connectivity index (χ2v) is 4.61. The van der Waals surface area contributed by atoms with Gasteiger partial charge in [0.05, 0.1) is 14.2 Å². The van der Waals surface area contributed by atoms with Crippen LogP contribution in [0.5, 0.6) is 5.88 Å². The van der Waals surface area contributed by atoms with Gasteiger partial charge in [0.15, 0.2) is 0 Å². The van der Waals surface area contributed by atoms with Gasteiger partial charge in [0, 0.05) is 5.56 Å². The number of nitrogens with zero attached hydrogens (tertiary/aromatic N) is 3. The van der Waals surface area contributed by atoms with Gasteiger partial charge in [-0.05, 0) is 5.56 Å². The number of esters is 1. The van der Waals surface area contributed by atoms with Gasteiger partial charge in [0.2, 0.25) is 5.88 Å². The van der Waals surface area contributed by atoms with Crippen molar-refractivity contribution in [3.05, 3.63) is 41.5 Å². The first-order valence-corrected chi connectivity index (χ1v) is 6.94. The highest BCUT2D eigenvalue weighted by Gasteiger charge is 2.22. The standard InChI is InChI=1S/C17H14N4O3/c1-23-14(22)10-20-16-12(8-18)15(11-6-4-3-5-7-11)13(9-19)17(21-16)24-2/h3-7H,10H2,1-2H3,(H,20,21). The average Bonchev–Trinajstić information content (AvgIpc) is 2.65. The molecule has 7 nitrogen and oxygen atoms in total. The van der Waals surface area contributed by atoms with Crippen LogP contribution in [-0.4, -0.2) is 31.7 Å². The summed E-state index contributed by atoms with van der Waals surface area (Å²) in [6.45, 7) is -0.165. The number of anilines is 1. The zero-order valence-corrected chi connectivity index (χ0v) is 13.2. The lowest BCUT2D eigenvalue weighted by atomic mass is 9.96. The van der Waals surface area contributed by atoms with E-state index in [1.54, 1.807) is 24.3 Å². The summed E-state index contributed by atoms with van der Waals surface area (Å²) in [5.74, 6) is -0.286. The van der Waals surface area contributed by atoms with Crippen LogP contribution < -0.4 is 10.1 Å². The van der Waals surface area contributed by atoms with Crippen molar-refractivity contribution in [3.8, 4) is 29.1 Å². The molecule has 0 atom stereocenters. The molecule has 2 rings (SSSR count). The minimum absolute atomic E-state index is 0.0720. The summed E-state index contributed by atoms with van der Waals surface area (Å²) in [6.07, 6.45) is 0. The van der Waals surface area contributed by atoms with Crippen LogP contribution in [0.2, 0.25) is 0 Å². The van der Waals surface area contributed by atoms with E-state index in [-0.39, 0.29) is 29.4 Å². The van der Waals surface area contributed by atoms with Crippen molar-refractivity contribution in [2.24, 2.45) is 0 Å². The number of pyridine rings is 1. The fourth-order valence-electron chi connectivity index (χ4n) is 2.17. The zero-order valence-electron chi connectivity index (χ0n) is 13.2. The molecule has 0 amide bonds. The third kappa shape index (κ3) is 3.26. The number of carbonyl (C=O) groups excluding carboxylic acids is 1. The van der Waals surface area contributed by atoms with Crippen LogP contribution >= 0.6 is 0 Å². The first-order valence-electron chi connectivity index (χ1n) is 6.94. The van der Waals surface area contributed by atoms with Crippen LogP contribution in [0.1, 0.15) is 11.1 Å². The number of ether oxygens (including phenoxy) is 2. The maximum absolute atomic E-state index is 11.3. The predicted molar refractivity (Wildman–Crippen MR) is 86.2 cm³/mol. The molecule has 2 aromatic rings. The van der Waals surface area contributed by atoms with Crippen LogP contribution in [0.3, 0.4) is 0 Å². The summed E-state index contributed by atoms with van der Waals surface area (Å²) < 4.78 is 9.74. The van der Waals surface area contributed by atoms with E-state index in [1.165, 1.54) is 14.2 Å². The lowest BCUT2D eigenvalue weighted by molar-refractivity contribution is -0.138. The third-order valence-electron chi connectivity index (χ3n) is 3.27. The first-order chi connectivity index (χ1) is 11.7. The van der Waals surface area contributed by atoms with Crippen LogP contribution in [0, 0.1) is 22.7 Å². The minimum Gasteiger partial charge on any atom is -0.480 e. The van der Waals surface area contributed by atoms with E-state index in [0.717, 1.165) is 0 Å². The third-order valence-corrected chi connectivity index (χ3v) is 3.27. The number of aromatic nitrogens is 1. The molecule has 0 unspecified atom stereocenters. The lowest BCUT2D eigenvalue weighted by Crippen LogP contribution is -2.17. The first kappa shape index (κ1) is 16.8. The number of rotatable bonds is 5. The topological polar surface area (TPSA) is 108 Å². The molecule has 1 aromatic carbocycles. The fraction of sp³-hybridized carbons (Fsp3) is 0.176. The molecule has 24 heavy (non-hydrogen) atoms. The van der Waals surface area contributed by atoms with Gasteiger partial charge in [-0.1, -0.05) is 30.3 Å². The Morgan fingerprint density at radius 1 is 1.17 bits per heavy atom. The summed E-state index contributed by atoms with van der Waals surface area (Å²) in [5, 5.41) is 21.8. The zero-order chi connectivity index (χ0) is 17.5. The van der Waals surface area contributed by atoms with Crippen molar-refractivity contribution < 1.29 is 14.3 Å². The minimum atomic E-state index is -0.509. The highest BCUT2D eigenvalue weighted by Crippen LogP contribution is 2.35. The second kappa shape index (κ2) is 7.61. The molecule has 0 aliphatic carbocycles. The molecule has 0 saturated heterocycles. The maximum Gasteiger partial charge on any atom is 0.325 e. The van der Waals surface area contributed by atoms with Gasteiger partial charge in [0.25, 0.3) is 0 Å². The maximum atomic E-state index is 11.3. The van der Waals surface area contributed by atoms with E-state index in [4.69, 9.17) is 4.74 Å². The van der Waals surface area contributed by atoms with Crippen molar-refractivity contribution in [1.29, 1.82) is 10.5 Å². The lowest BCUT2D eigenvalue weighted by Gasteiger charge is -2.14. The molecule has 0 fully saturated rings.